The predicted octanol–water partition coefficient (Wildman–Crippen LogP) is 0.583. The third-order valence-corrected chi connectivity index (χ3v) is 2.16. The van der Waals surface area contributed by atoms with Gasteiger partial charge in [-0.3, -0.25) is 4.90 Å². The molecule has 0 bridgehead atoms. The van der Waals surface area contributed by atoms with Gasteiger partial charge in [-0.05, 0) is 25.2 Å². The lowest BCUT2D eigenvalue weighted by Crippen LogP contribution is -2.84. The van der Waals surface area contributed by atoms with Crippen molar-refractivity contribution in [2.75, 3.05) is 13.1 Å². The molecular weight excluding hydrogens is 152 g/mol. The molecule has 0 radical (unpaired) electrons. The Morgan fingerprint density at radius 3 is 2.75 bits per heavy atom. The molecule has 0 spiro atoms. The first-order chi connectivity index (χ1) is 5.77. The number of carbonyl (C=O) groups is 1. The Labute approximate surface area is 74.1 Å². The maximum absolute atomic E-state index is 11.3. The highest BCUT2D eigenvalue weighted by atomic mass is 16.2. The van der Waals surface area contributed by atoms with Crippen molar-refractivity contribution in [2.45, 2.75) is 26.2 Å². The standard InChI is InChI=1S/C9H18N2O/c1-3-6-11(9(12)10-2)7-8-4-5-8/h8H,2-7,10H2,1H3. The quantitative estimate of drug-likeness (QED) is 0.616. The van der Waals surface area contributed by atoms with Gasteiger partial charge < -0.3 is 5.32 Å². The van der Waals surface area contributed by atoms with Gasteiger partial charge in [0.15, 0.2) is 0 Å². The van der Waals surface area contributed by atoms with Crippen LogP contribution in [-0.4, -0.2) is 24.0 Å². The second kappa shape index (κ2) is 4.45. The number of urea groups is 1. The molecule has 0 atom stereocenters. The number of hydrogen-bond donors (Lipinski definition) is 1. The van der Waals surface area contributed by atoms with Crippen LogP contribution in [0.3, 0.4) is 0 Å². The summed E-state index contributed by atoms with van der Waals surface area (Å²) in [5.41, 5.74) is 0. The van der Waals surface area contributed by atoms with E-state index in [1.807, 2.05) is 4.90 Å². The van der Waals surface area contributed by atoms with Crippen molar-refractivity contribution < 1.29 is 10.1 Å². The first-order valence-electron chi connectivity index (χ1n) is 4.69. The van der Waals surface area contributed by atoms with Crippen molar-refractivity contribution in [1.29, 1.82) is 0 Å². The molecule has 0 unspecified atom stereocenters. The van der Waals surface area contributed by atoms with E-state index in [0.29, 0.717) is 0 Å². The lowest BCUT2D eigenvalue weighted by Gasteiger charge is -2.19. The highest BCUT2D eigenvalue weighted by Gasteiger charge is 2.26. The zero-order chi connectivity index (χ0) is 8.97. The lowest BCUT2D eigenvalue weighted by atomic mass is 10.3. The minimum atomic E-state index is 0.0868. The monoisotopic (exact) mass is 170 g/mol. The molecule has 0 aliphatic heterocycles. The summed E-state index contributed by atoms with van der Waals surface area (Å²) in [6.45, 7) is 3.91. The van der Waals surface area contributed by atoms with Crippen LogP contribution in [0, 0.1) is 13.0 Å². The summed E-state index contributed by atoms with van der Waals surface area (Å²) < 4.78 is 0. The fourth-order valence-corrected chi connectivity index (χ4v) is 1.30. The number of nitrogens with two attached hydrogens (primary N) is 1. The number of rotatable bonds is 4. The fraction of sp³-hybridized carbons (Fsp3) is 0.778. The molecule has 0 aromatic carbocycles. The number of quaternary nitrogens is 1. The van der Waals surface area contributed by atoms with Crippen molar-refractivity contribution in [3.8, 4) is 0 Å². The van der Waals surface area contributed by atoms with Crippen LogP contribution in [-0.2, 0) is 0 Å². The molecule has 0 saturated heterocycles. The van der Waals surface area contributed by atoms with Crippen molar-refractivity contribution >= 4 is 6.03 Å². The van der Waals surface area contributed by atoms with Gasteiger partial charge in [-0.2, -0.15) is 0 Å². The average molecular weight is 170 g/mol. The van der Waals surface area contributed by atoms with Crippen LogP contribution in [0.15, 0.2) is 0 Å². The molecule has 0 aromatic heterocycles. The van der Waals surface area contributed by atoms with Crippen LogP contribution in [0.5, 0.6) is 0 Å². The van der Waals surface area contributed by atoms with Gasteiger partial charge in [0.25, 0.3) is 0 Å². The van der Waals surface area contributed by atoms with Gasteiger partial charge in [0.05, 0.1) is 0 Å². The van der Waals surface area contributed by atoms with Gasteiger partial charge in [0.1, 0.15) is 0 Å². The number of hydrogen-bond acceptors (Lipinski definition) is 1. The summed E-state index contributed by atoms with van der Waals surface area (Å²) in [7, 11) is 3.50. The van der Waals surface area contributed by atoms with Crippen LogP contribution in [0.2, 0.25) is 0 Å². The van der Waals surface area contributed by atoms with E-state index in [-0.39, 0.29) is 6.03 Å². The minimum absolute atomic E-state index is 0.0868. The van der Waals surface area contributed by atoms with Crippen molar-refractivity contribution in [2.24, 2.45) is 5.92 Å². The maximum atomic E-state index is 11.3. The zero-order valence-corrected chi connectivity index (χ0v) is 7.75. The first kappa shape index (κ1) is 9.52. The zero-order valence-electron chi connectivity index (χ0n) is 7.75. The normalized spacial score (nSPS) is 16.2. The summed E-state index contributed by atoms with van der Waals surface area (Å²) in [6, 6.07) is 0.0868. The molecule has 1 fully saturated rings. The van der Waals surface area contributed by atoms with Crippen LogP contribution in [0.4, 0.5) is 4.79 Å². The third kappa shape index (κ3) is 2.81. The molecule has 2 N–H and O–H groups in total. The van der Waals surface area contributed by atoms with E-state index >= 15 is 0 Å². The van der Waals surface area contributed by atoms with Gasteiger partial charge in [-0.1, -0.05) is 6.92 Å². The highest BCUT2D eigenvalue weighted by Crippen LogP contribution is 2.29. The Hall–Kier alpha value is -0.570. The molecule has 1 aliphatic rings. The van der Waals surface area contributed by atoms with Crippen LogP contribution in [0.25, 0.3) is 0 Å². The van der Waals surface area contributed by atoms with Crippen molar-refractivity contribution in [1.82, 2.24) is 4.90 Å². The van der Waals surface area contributed by atoms with E-state index in [1.165, 1.54) is 18.2 Å². The molecule has 1 aliphatic carbocycles. The molecule has 3 nitrogen and oxygen atoms in total. The SMILES string of the molecule is [CH2-][NH2+]C(=O)N(CCC)CC1CC1. The van der Waals surface area contributed by atoms with Gasteiger partial charge in [-0.25, -0.2) is 4.79 Å². The highest BCUT2D eigenvalue weighted by molar-refractivity contribution is 5.63. The topological polar surface area (TPSA) is 36.9 Å². The smallest absolute Gasteiger partial charge is 0.389 e. The van der Waals surface area contributed by atoms with Crippen LogP contribution < -0.4 is 5.32 Å². The third-order valence-electron chi connectivity index (χ3n) is 2.16. The molecule has 12 heavy (non-hydrogen) atoms. The summed E-state index contributed by atoms with van der Waals surface area (Å²) in [6.07, 6.45) is 3.63. The van der Waals surface area contributed by atoms with Crippen molar-refractivity contribution in [3.63, 3.8) is 0 Å². The van der Waals surface area contributed by atoms with E-state index in [2.05, 4.69) is 14.0 Å². The molecule has 70 valence electrons. The molecule has 1 saturated carbocycles. The van der Waals surface area contributed by atoms with Gasteiger partial charge >= 0.3 is 6.03 Å². The molecule has 0 heterocycles. The van der Waals surface area contributed by atoms with Gasteiger partial charge in [0.2, 0.25) is 0 Å². The van der Waals surface area contributed by atoms with Gasteiger partial charge in [0, 0.05) is 13.1 Å². The average Bonchev–Trinajstić information content (AvgIpc) is 2.86. The van der Waals surface area contributed by atoms with Crippen molar-refractivity contribution in [3.05, 3.63) is 7.05 Å². The molecular formula is C9H18N2O. The van der Waals surface area contributed by atoms with E-state index in [0.717, 1.165) is 25.4 Å². The number of primary amides is 1. The minimum Gasteiger partial charge on any atom is -0.395 e. The molecule has 3 heteroatoms. The largest absolute Gasteiger partial charge is 0.395 e. The Morgan fingerprint density at radius 1 is 1.67 bits per heavy atom. The summed E-state index contributed by atoms with van der Waals surface area (Å²) in [5, 5.41) is 1.41. The van der Waals surface area contributed by atoms with E-state index in [9.17, 15) is 4.79 Å². The molecule has 1 rings (SSSR count). The van der Waals surface area contributed by atoms with Gasteiger partial charge in [-0.15, -0.1) is 7.05 Å². The maximum Gasteiger partial charge on any atom is 0.389 e. The van der Waals surface area contributed by atoms with Crippen LogP contribution >= 0.6 is 0 Å². The molecule has 0 aromatic rings. The lowest BCUT2D eigenvalue weighted by molar-refractivity contribution is -0.498. The van der Waals surface area contributed by atoms with E-state index < -0.39 is 0 Å². The number of carbonyl (C=O) groups excluding carboxylic acids is 1. The van der Waals surface area contributed by atoms with E-state index in [1.54, 1.807) is 0 Å². The number of amides is 2. The number of nitrogens with zero attached hydrogens (tertiary/aromatic N) is 1. The second-order valence-corrected chi connectivity index (χ2v) is 3.43. The Balaban J connectivity index is 2.30. The Morgan fingerprint density at radius 2 is 2.33 bits per heavy atom. The summed E-state index contributed by atoms with van der Waals surface area (Å²) in [5.74, 6) is 0.778. The Bertz CT molecular complexity index is 155. The predicted molar refractivity (Wildman–Crippen MR) is 47.3 cm³/mol. The fourth-order valence-electron chi connectivity index (χ4n) is 1.30. The summed E-state index contributed by atoms with van der Waals surface area (Å²) in [4.78, 5) is 13.2. The van der Waals surface area contributed by atoms with E-state index in [4.69, 9.17) is 0 Å². The second-order valence-electron chi connectivity index (χ2n) is 3.43. The molecule has 2 amide bonds. The summed E-state index contributed by atoms with van der Waals surface area (Å²) >= 11 is 0. The van der Waals surface area contributed by atoms with Crippen LogP contribution in [0.1, 0.15) is 26.2 Å². The Kier molecular flexibility index (Phi) is 3.53. The first-order valence-corrected chi connectivity index (χ1v) is 4.69.